The summed E-state index contributed by atoms with van der Waals surface area (Å²) in [5.41, 5.74) is 1.43. The summed E-state index contributed by atoms with van der Waals surface area (Å²) in [6.07, 6.45) is 5.73. The van der Waals surface area contributed by atoms with Crippen LogP contribution in [0.15, 0.2) is 28.7 Å². The molecular formula is C18H27BrN2. The van der Waals surface area contributed by atoms with Gasteiger partial charge in [0.1, 0.15) is 0 Å². The van der Waals surface area contributed by atoms with Gasteiger partial charge in [-0.1, -0.05) is 47.8 Å². The predicted molar refractivity (Wildman–Crippen MR) is 92.4 cm³/mol. The normalized spacial score (nSPS) is 28.7. The summed E-state index contributed by atoms with van der Waals surface area (Å²) in [5.74, 6) is 0.935. The van der Waals surface area contributed by atoms with Gasteiger partial charge in [0.25, 0.3) is 0 Å². The lowest BCUT2D eigenvalue weighted by molar-refractivity contribution is 0.0659. The zero-order valence-corrected chi connectivity index (χ0v) is 14.7. The molecule has 1 aromatic rings. The van der Waals surface area contributed by atoms with Crippen LogP contribution in [-0.4, -0.2) is 42.0 Å². The van der Waals surface area contributed by atoms with Crippen LogP contribution in [0.25, 0.3) is 0 Å². The summed E-state index contributed by atoms with van der Waals surface area (Å²) in [6.45, 7) is 8.49. The Balaban J connectivity index is 1.47. The fourth-order valence-electron chi connectivity index (χ4n) is 3.87. The van der Waals surface area contributed by atoms with Gasteiger partial charge in [0, 0.05) is 43.2 Å². The van der Waals surface area contributed by atoms with Crippen molar-refractivity contribution in [1.82, 2.24) is 9.80 Å². The molecule has 2 atom stereocenters. The SMILES string of the molecule is CC1CCCC(N2CCN(Cc3ccc(Br)cc3)CC2)C1. The van der Waals surface area contributed by atoms with Crippen LogP contribution in [0.4, 0.5) is 0 Å². The lowest BCUT2D eigenvalue weighted by atomic mass is 9.86. The lowest BCUT2D eigenvalue weighted by Crippen LogP contribution is -2.50. The standard InChI is InChI=1S/C18H27BrN2/c1-15-3-2-4-18(13-15)21-11-9-20(10-12-21)14-16-5-7-17(19)8-6-16/h5-8,15,18H,2-4,9-14H2,1H3. The Morgan fingerprint density at radius 2 is 1.76 bits per heavy atom. The van der Waals surface area contributed by atoms with Crippen molar-refractivity contribution >= 4 is 15.9 Å². The fourth-order valence-corrected chi connectivity index (χ4v) is 4.13. The number of rotatable bonds is 3. The third-order valence-corrected chi connectivity index (χ3v) is 5.68. The second kappa shape index (κ2) is 7.26. The molecule has 0 radical (unpaired) electrons. The van der Waals surface area contributed by atoms with Crippen molar-refractivity contribution in [2.24, 2.45) is 5.92 Å². The molecule has 1 aromatic carbocycles. The Labute approximate surface area is 137 Å². The molecule has 2 nitrogen and oxygen atoms in total. The molecule has 0 bridgehead atoms. The summed E-state index contributed by atoms with van der Waals surface area (Å²) < 4.78 is 1.17. The van der Waals surface area contributed by atoms with Crippen molar-refractivity contribution < 1.29 is 0 Å². The Bertz CT molecular complexity index is 437. The average Bonchev–Trinajstić information content (AvgIpc) is 2.50. The highest BCUT2D eigenvalue weighted by Crippen LogP contribution is 2.28. The summed E-state index contributed by atoms with van der Waals surface area (Å²) in [7, 11) is 0. The van der Waals surface area contributed by atoms with E-state index in [-0.39, 0.29) is 0 Å². The molecule has 0 aromatic heterocycles. The number of benzene rings is 1. The first kappa shape index (κ1) is 15.5. The van der Waals surface area contributed by atoms with E-state index in [4.69, 9.17) is 0 Å². The van der Waals surface area contributed by atoms with E-state index in [9.17, 15) is 0 Å². The van der Waals surface area contributed by atoms with Gasteiger partial charge in [-0.05, 0) is 36.5 Å². The zero-order valence-electron chi connectivity index (χ0n) is 13.1. The van der Waals surface area contributed by atoms with Gasteiger partial charge >= 0.3 is 0 Å². The van der Waals surface area contributed by atoms with Crippen LogP contribution in [0.5, 0.6) is 0 Å². The van der Waals surface area contributed by atoms with Crippen molar-refractivity contribution in [1.29, 1.82) is 0 Å². The van der Waals surface area contributed by atoms with E-state index in [0.717, 1.165) is 18.5 Å². The van der Waals surface area contributed by atoms with Crippen molar-refractivity contribution in [3.8, 4) is 0 Å². The molecule has 1 aliphatic heterocycles. The van der Waals surface area contributed by atoms with Crippen molar-refractivity contribution in [3.05, 3.63) is 34.3 Å². The highest BCUT2D eigenvalue weighted by Gasteiger charge is 2.27. The largest absolute Gasteiger partial charge is 0.298 e. The van der Waals surface area contributed by atoms with Crippen LogP contribution in [0, 0.1) is 5.92 Å². The zero-order chi connectivity index (χ0) is 14.7. The molecule has 3 rings (SSSR count). The summed E-state index contributed by atoms with van der Waals surface area (Å²) >= 11 is 3.51. The molecule has 21 heavy (non-hydrogen) atoms. The van der Waals surface area contributed by atoms with Crippen molar-refractivity contribution in [2.45, 2.75) is 45.2 Å². The highest BCUT2D eigenvalue weighted by molar-refractivity contribution is 9.10. The molecule has 1 saturated heterocycles. The molecule has 1 aliphatic carbocycles. The average molecular weight is 351 g/mol. The van der Waals surface area contributed by atoms with Crippen molar-refractivity contribution in [2.75, 3.05) is 26.2 Å². The van der Waals surface area contributed by atoms with Crippen LogP contribution in [-0.2, 0) is 6.54 Å². The topological polar surface area (TPSA) is 6.48 Å². The predicted octanol–water partition coefficient (Wildman–Crippen LogP) is 4.15. The molecule has 0 amide bonds. The van der Waals surface area contributed by atoms with Gasteiger partial charge in [0.05, 0.1) is 0 Å². The molecule has 2 unspecified atom stereocenters. The van der Waals surface area contributed by atoms with Crippen LogP contribution in [0.2, 0.25) is 0 Å². The monoisotopic (exact) mass is 350 g/mol. The summed E-state index contributed by atoms with van der Waals surface area (Å²) in [4.78, 5) is 5.36. The van der Waals surface area contributed by atoms with Crippen LogP contribution in [0.3, 0.4) is 0 Å². The second-order valence-electron chi connectivity index (χ2n) is 6.86. The van der Waals surface area contributed by atoms with Gasteiger partial charge < -0.3 is 0 Å². The maximum atomic E-state index is 3.51. The highest BCUT2D eigenvalue weighted by atomic mass is 79.9. The van der Waals surface area contributed by atoms with E-state index in [1.54, 1.807) is 0 Å². The van der Waals surface area contributed by atoms with E-state index in [1.165, 1.54) is 61.9 Å². The number of halogens is 1. The third kappa shape index (κ3) is 4.30. The number of hydrogen-bond acceptors (Lipinski definition) is 2. The molecule has 2 fully saturated rings. The Morgan fingerprint density at radius 3 is 2.43 bits per heavy atom. The first-order valence-electron chi connectivity index (χ1n) is 8.41. The van der Waals surface area contributed by atoms with E-state index in [2.05, 4.69) is 56.9 Å². The fraction of sp³-hybridized carbons (Fsp3) is 0.667. The molecule has 116 valence electrons. The van der Waals surface area contributed by atoms with Crippen LogP contribution < -0.4 is 0 Å². The third-order valence-electron chi connectivity index (χ3n) is 5.15. The van der Waals surface area contributed by atoms with Gasteiger partial charge in [-0.3, -0.25) is 9.80 Å². The van der Waals surface area contributed by atoms with Gasteiger partial charge in [0.2, 0.25) is 0 Å². The maximum absolute atomic E-state index is 3.51. The van der Waals surface area contributed by atoms with Gasteiger partial charge in [-0.15, -0.1) is 0 Å². The molecule has 3 heteroatoms. The molecule has 2 aliphatic rings. The second-order valence-corrected chi connectivity index (χ2v) is 7.78. The smallest absolute Gasteiger partial charge is 0.0234 e. The van der Waals surface area contributed by atoms with Crippen molar-refractivity contribution in [3.63, 3.8) is 0 Å². The van der Waals surface area contributed by atoms with E-state index in [1.807, 2.05) is 0 Å². The molecule has 0 spiro atoms. The first-order valence-corrected chi connectivity index (χ1v) is 9.21. The Hall–Kier alpha value is -0.380. The minimum absolute atomic E-state index is 0.864. The first-order chi connectivity index (χ1) is 10.2. The van der Waals surface area contributed by atoms with Crippen LogP contribution >= 0.6 is 15.9 Å². The Kier molecular flexibility index (Phi) is 5.36. The molecule has 1 heterocycles. The Morgan fingerprint density at radius 1 is 1.05 bits per heavy atom. The summed E-state index contributed by atoms with van der Waals surface area (Å²) in [6, 6.07) is 9.63. The van der Waals surface area contributed by atoms with Crippen LogP contribution in [0.1, 0.15) is 38.2 Å². The van der Waals surface area contributed by atoms with Gasteiger partial charge in [-0.25, -0.2) is 0 Å². The van der Waals surface area contributed by atoms with E-state index in [0.29, 0.717) is 0 Å². The quantitative estimate of drug-likeness (QED) is 0.807. The summed E-state index contributed by atoms with van der Waals surface area (Å²) in [5, 5.41) is 0. The minimum atomic E-state index is 0.864. The number of nitrogens with zero attached hydrogens (tertiary/aromatic N) is 2. The minimum Gasteiger partial charge on any atom is -0.298 e. The number of hydrogen-bond donors (Lipinski definition) is 0. The van der Waals surface area contributed by atoms with E-state index >= 15 is 0 Å². The molecule has 1 saturated carbocycles. The van der Waals surface area contributed by atoms with E-state index < -0.39 is 0 Å². The van der Waals surface area contributed by atoms with Gasteiger partial charge in [0.15, 0.2) is 0 Å². The van der Waals surface area contributed by atoms with Gasteiger partial charge in [-0.2, -0.15) is 0 Å². The number of piperazine rings is 1. The molecular weight excluding hydrogens is 324 g/mol. The maximum Gasteiger partial charge on any atom is 0.0234 e. The lowest BCUT2D eigenvalue weighted by Gasteiger charge is -2.42. The molecule has 0 N–H and O–H groups in total.